The van der Waals surface area contributed by atoms with E-state index in [1.165, 1.54) is 17.3 Å². The van der Waals surface area contributed by atoms with E-state index in [0.717, 1.165) is 42.7 Å². The zero-order valence-electron chi connectivity index (χ0n) is 32.0. The van der Waals surface area contributed by atoms with Crippen molar-refractivity contribution in [2.75, 3.05) is 30.1 Å². The average Bonchev–Trinajstić information content (AvgIpc) is 3.82. The van der Waals surface area contributed by atoms with Crippen LogP contribution in [-0.4, -0.2) is 71.3 Å². The van der Waals surface area contributed by atoms with Crippen LogP contribution in [0, 0.1) is 16.0 Å². The molecular formula is C41H50N6O7Si. The van der Waals surface area contributed by atoms with Crippen LogP contribution in [0.3, 0.4) is 0 Å². The second-order valence-corrected chi connectivity index (χ2v) is 20.3. The fourth-order valence-corrected chi connectivity index (χ4v) is 13.2. The van der Waals surface area contributed by atoms with Crippen molar-refractivity contribution >= 4 is 42.1 Å². The number of aliphatic hydroxyl groups is 1. The summed E-state index contributed by atoms with van der Waals surface area (Å²) in [5.74, 6) is 0.301. The number of aromatic nitrogens is 3. The van der Waals surface area contributed by atoms with Crippen LogP contribution in [0.2, 0.25) is 18.6 Å². The molecule has 13 nitrogen and oxygen atoms in total. The smallest absolute Gasteiger partial charge is 0.269 e. The number of anilines is 2. The lowest BCUT2D eigenvalue weighted by atomic mass is 9.82. The Balaban J connectivity index is 1.25. The topological polar surface area (TPSA) is 153 Å². The highest BCUT2D eigenvalue weighted by Crippen LogP contribution is 2.60. The van der Waals surface area contributed by atoms with Crippen molar-refractivity contribution in [1.29, 1.82) is 0 Å². The number of benzene rings is 3. The van der Waals surface area contributed by atoms with E-state index in [4.69, 9.17) is 9.47 Å². The third-order valence-corrected chi connectivity index (χ3v) is 16.4. The van der Waals surface area contributed by atoms with Crippen molar-refractivity contribution in [3.8, 4) is 5.75 Å². The van der Waals surface area contributed by atoms with Crippen LogP contribution in [0.4, 0.5) is 17.1 Å². The lowest BCUT2D eigenvalue weighted by molar-refractivity contribution is -0.385. The highest BCUT2D eigenvalue weighted by atomic mass is 28.3. The Kier molecular flexibility index (Phi) is 10.9. The number of hydrogen-bond acceptors (Lipinski definition) is 9. The van der Waals surface area contributed by atoms with Gasteiger partial charge in [-0.2, -0.15) is 0 Å². The number of ether oxygens (including phenoxy) is 2. The molecule has 0 radical (unpaired) electrons. The van der Waals surface area contributed by atoms with E-state index < -0.39 is 24.7 Å². The largest absolute Gasteiger partial charge is 0.497 e. The summed E-state index contributed by atoms with van der Waals surface area (Å²) >= 11 is 0. The number of fused-ring (bicyclic) bond motifs is 2. The normalized spacial score (nSPS) is 22.9. The lowest BCUT2D eigenvalue weighted by Gasteiger charge is -2.37. The van der Waals surface area contributed by atoms with Crippen LogP contribution in [0.5, 0.6) is 5.75 Å². The molecule has 4 atom stereocenters. The van der Waals surface area contributed by atoms with E-state index in [0.29, 0.717) is 49.3 Å². The molecule has 0 aliphatic carbocycles. The number of amides is 2. The summed E-state index contributed by atoms with van der Waals surface area (Å²) in [7, 11) is -0.821. The van der Waals surface area contributed by atoms with Crippen molar-refractivity contribution in [2.45, 2.75) is 95.3 Å². The molecular weight excluding hydrogens is 717 g/mol. The number of aliphatic hydroxyl groups excluding tert-OH is 1. The Labute approximate surface area is 322 Å². The standard InChI is InChI=1S/C41H50N6O7Si/c1-28-39(55(3,4)34-17-15-33(53-2)16-18-34)37(20-23-44-27-30(21-24-48)42-43-44)54-41(28)35-25-32(47(51)52)14-19-36(35)46(40(41)50)26-29-10-12-31(13-11-29)45-22-8-6-5-7-9-38(45)49/h10-19,25,27-28,37,39,48H,5-9,20-24,26H2,1-4H3/t28-,37+,39-,41+/m0/s1. The minimum absolute atomic E-state index is 0.0272. The van der Waals surface area contributed by atoms with Gasteiger partial charge in [-0.1, -0.05) is 67.5 Å². The van der Waals surface area contributed by atoms with Gasteiger partial charge in [0.15, 0.2) is 5.60 Å². The Morgan fingerprint density at radius 2 is 1.78 bits per heavy atom. The number of nitrogens with zero attached hydrogens (tertiary/aromatic N) is 6. The zero-order chi connectivity index (χ0) is 38.9. The van der Waals surface area contributed by atoms with Crippen LogP contribution in [-0.2, 0) is 39.4 Å². The van der Waals surface area contributed by atoms with Crippen LogP contribution < -0.4 is 19.7 Å². The van der Waals surface area contributed by atoms with E-state index in [2.05, 4.69) is 42.5 Å². The van der Waals surface area contributed by atoms with Gasteiger partial charge in [0.25, 0.3) is 11.6 Å². The molecule has 290 valence electrons. The van der Waals surface area contributed by atoms with Crippen molar-refractivity contribution in [1.82, 2.24) is 15.0 Å². The van der Waals surface area contributed by atoms with Crippen molar-refractivity contribution in [2.24, 2.45) is 5.92 Å². The maximum Gasteiger partial charge on any atom is 0.269 e. The fraction of sp³-hybridized carbons (Fsp3) is 0.463. The molecule has 2 amide bonds. The van der Waals surface area contributed by atoms with Gasteiger partial charge in [0.1, 0.15) is 5.75 Å². The summed E-state index contributed by atoms with van der Waals surface area (Å²) in [6, 6.07) is 20.6. The molecule has 1 spiro atoms. The molecule has 4 heterocycles. The van der Waals surface area contributed by atoms with E-state index in [1.54, 1.807) is 22.8 Å². The van der Waals surface area contributed by atoms with Gasteiger partial charge in [-0.3, -0.25) is 24.4 Å². The second-order valence-electron chi connectivity index (χ2n) is 15.6. The molecule has 14 heteroatoms. The third kappa shape index (κ3) is 7.18. The molecule has 4 aromatic rings. The number of non-ortho nitro benzene ring substituents is 1. The summed E-state index contributed by atoms with van der Waals surface area (Å²) < 4.78 is 14.4. The van der Waals surface area contributed by atoms with E-state index in [-0.39, 0.29) is 42.1 Å². The molecule has 3 aromatic carbocycles. The molecule has 55 heavy (non-hydrogen) atoms. The van der Waals surface area contributed by atoms with Crippen LogP contribution in [0.1, 0.15) is 62.3 Å². The molecule has 0 unspecified atom stereocenters. The fourth-order valence-electron chi connectivity index (χ4n) is 9.17. The van der Waals surface area contributed by atoms with Crippen LogP contribution in [0.15, 0.2) is 72.9 Å². The minimum atomic E-state index is -2.46. The first-order valence-electron chi connectivity index (χ1n) is 19.3. The number of aryl methyl sites for hydroxylation is 1. The Bertz CT molecular complexity index is 2040. The lowest BCUT2D eigenvalue weighted by Crippen LogP contribution is -2.51. The SMILES string of the molecule is COc1ccc([Si](C)(C)[C@@H]2[C@@H](CCn3cc(CCO)nn3)O[C@]3(C(=O)N(Cc4ccc(N5CCCCCCC5=O)cc4)c4ccc([N+](=O)[O-])cc43)[C@H]2C)cc1. The molecule has 7 rings (SSSR count). The summed E-state index contributed by atoms with van der Waals surface area (Å²) in [5.41, 5.74) is 1.87. The number of hydrogen-bond donors (Lipinski definition) is 1. The van der Waals surface area contributed by atoms with Gasteiger partial charge in [0, 0.05) is 68.0 Å². The Morgan fingerprint density at radius 3 is 2.49 bits per heavy atom. The minimum Gasteiger partial charge on any atom is -0.497 e. The maximum absolute atomic E-state index is 15.2. The second kappa shape index (κ2) is 15.7. The molecule has 2 fully saturated rings. The van der Waals surface area contributed by atoms with E-state index in [1.807, 2.05) is 47.5 Å². The van der Waals surface area contributed by atoms with E-state index >= 15 is 4.79 Å². The summed E-state index contributed by atoms with van der Waals surface area (Å²) in [4.78, 5) is 43.5. The number of nitro groups is 1. The van der Waals surface area contributed by atoms with Gasteiger partial charge in [0.05, 0.1) is 44.1 Å². The Morgan fingerprint density at radius 1 is 1.04 bits per heavy atom. The van der Waals surface area contributed by atoms with Gasteiger partial charge in [-0.15, -0.1) is 5.10 Å². The van der Waals surface area contributed by atoms with Gasteiger partial charge in [0.2, 0.25) is 5.91 Å². The predicted molar refractivity (Wildman–Crippen MR) is 211 cm³/mol. The third-order valence-electron chi connectivity index (χ3n) is 12.0. The number of carbonyl (C=O) groups excluding carboxylic acids is 2. The molecule has 1 aromatic heterocycles. The number of nitro benzene ring substituents is 1. The molecule has 3 aliphatic rings. The first-order chi connectivity index (χ1) is 26.5. The van der Waals surface area contributed by atoms with Gasteiger partial charge in [-0.25, -0.2) is 0 Å². The summed E-state index contributed by atoms with van der Waals surface area (Å²) in [6.07, 6.45) is 6.94. The van der Waals surface area contributed by atoms with Crippen molar-refractivity contribution < 1.29 is 29.1 Å². The number of rotatable bonds is 12. The summed E-state index contributed by atoms with van der Waals surface area (Å²) in [6.45, 7) is 8.02. The van der Waals surface area contributed by atoms with Gasteiger partial charge < -0.3 is 24.4 Å². The highest BCUT2D eigenvalue weighted by Gasteiger charge is 2.66. The van der Waals surface area contributed by atoms with Crippen LogP contribution >= 0.6 is 0 Å². The monoisotopic (exact) mass is 766 g/mol. The van der Waals surface area contributed by atoms with E-state index in [9.17, 15) is 20.0 Å². The number of methoxy groups -OCH3 is 1. The predicted octanol–water partition coefficient (Wildman–Crippen LogP) is 5.88. The zero-order valence-corrected chi connectivity index (χ0v) is 33.0. The number of carbonyl (C=O) groups is 2. The molecule has 1 N–H and O–H groups in total. The maximum atomic E-state index is 15.2. The first kappa shape index (κ1) is 38.4. The van der Waals surface area contributed by atoms with Gasteiger partial charge in [-0.05, 0) is 60.7 Å². The molecule has 3 aliphatic heterocycles. The Hall–Kier alpha value is -4.92. The first-order valence-corrected chi connectivity index (χ1v) is 22.4. The van der Waals surface area contributed by atoms with Gasteiger partial charge >= 0.3 is 0 Å². The molecule has 0 saturated carbocycles. The highest BCUT2D eigenvalue weighted by molar-refractivity contribution is 6.91. The quantitative estimate of drug-likeness (QED) is 0.106. The molecule has 0 bridgehead atoms. The van der Waals surface area contributed by atoms with Crippen molar-refractivity contribution in [3.63, 3.8) is 0 Å². The molecule has 2 saturated heterocycles. The summed E-state index contributed by atoms with van der Waals surface area (Å²) in [5, 5.41) is 31.3. The average molecular weight is 767 g/mol. The van der Waals surface area contributed by atoms with Crippen molar-refractivity contribution in [3.05, 3.63) is 99.9 Å². The van der Waals surface area contributed by atoms with Crippen LogP contribution in [0.25, 0.3) is 0 Å².